The molecule has 168 valence electrons. The predicted octanol–water partition coefficient (Wildman–Crippen LogP) is 3.01. The highest BCUT2D eigenvalue weighted by Gasteiger charge is 2.28. The van der Waals surface area contributed by atoms with Gasteiger partial charge in [-0.1, -0.05) is 26.0 Å². The van der Waals surface area contributed by atoms with E-state index < -0.39 is 0 Å². The summed E-state index contributed by atoms with van der Waals surface area (Å²) in [6.07, 6.45) is 0.977. The molecule has 6 heteroatoms. The first-order valence-corrected chi connectivity index (χ1v) is 11.5. The Kier molecular flexibility index (Phi) is 6.68. The first-order chi connectivity index (χ1) is 14.9. The second-order valence-electron chi connectivity index (χ2n) is 9.36. The van der Waals surface area contributed by atoms with Gasteiger partial charge in [0.2, 0.25) is 0 Å². The minimum Gasteiger partial charge on any atom is -0.497 e. The Morgan fingerprint density at radius 1 is 1.06 bits per heavy atom. The summed E-state index contributed by atoms with van der Waals surface area (Å²) < 4.78 is 7.50. The lowest BCUT2D eigenvalue weighted by Crippen LogP contribution is -2.49. The maximum Gasteiger partial charge on any atom is 0.270 e. The van der Waals surface area contributed by atoms with Crippen LogP contribution in [0, 0.1) is 5.92 Å². The van der Waals surface area contributed by atoms with Crippen LogP contribution in [0.4, 0.5) is 0 Å². The Hall–Kier alpha value is -2.31. The standard InChI is InChI=1S/C25H36N4O2/c1-19(2)16-27-10-12-29(13-11-27)25(30)24-15-21-18-28(9-8-23(21)26(24)3)17-20-6-5-7-22(14-20)31-4/h5-7,14-15,19H,8-13,16-18H2,1-4H3. The van der Waals surface area contributed by atoms with Crippen LogP contribution in [-0.4, -0.2) is 71.6 Å². The minimum atomic E-state index is 0.181. The molecule has 1 amide bonds. The molecule has 1 saturated heterocycles. The van der Waals surface area contributed by atoms with Crippen LogP contribution in [0.2, 0.25) is 0 Å². The first kappa shape index (κ1) is 21.9. The van der Waals surface area contributed by atoms with Crippen LogP contribution in [0.3, 0.4) is 0 Å². The van der Waals surface area contributed by atoms with Crippen molar-refractivity contribution in [3.8, 4) is 5.75 Å². The number of amides is 1. The summed E-state index contributed by atoms with van der Waals surface area (Å²) in [5.41, 5.74) is 4.70. The quantitative estimate of drug-likeness (QED) is 0.715. The number of carbonyl (C=O) groups excluding carboxylic acids is 1. The maximum atomic E-state index is 13.3. The lowest BCUT2D eigenvalue weighted by Gasteiger charge is -2.35. The molecule has 0 N–H and O–H groups in total. The minimum absolute atomic E-state index is 0.181. The Morgan fingerprint density at radius 2 is 1.84 bits per heavy atom. The van der Waals surface area contributed by atoms with Gasteiger partial charge in [-0.05, 0) is 35.2 Å². The Labute approximate surface area is 186 Å². The highest BCUT2D eigenvalue weighted by atomic mass is 16.5. The lowest BCUT2D eigenvalue weighted by molar-refractivity contribution is 0.0614. The van der Waals surface area contributed by atoms with Gasteiger partial charge >= 0.3 is 0 Å². The first-order valence-electron chi connectivity index (χ1n) is 11.5. The molecule has 2 aliphatic heterocycles. The van der Waals surface area contributed by atoms with Crippen molar-refractivity contribution < 1.29 is 9.53 Å². The van der Waals surface area contributed by atoms with Crippen LogP contribution in [0.5, 0.6) is 5.75 Å². The van der Waals surface area contributed by atoms with E-state index in [4.69, 9.17) is 4.74 Å². The third kappa shape index (κ3) is 4.96. The molecule has 0 atom stereocenters. The lowest BCUT2D eigenvalue weighted by atomic mass is 10.1. The van der Waals surface area contributed by atoms with Crippen LogP contribution in [0.25, 0.3) is 0 Å². The Morgan fingerprint density at radius 3 is 2.55 bits per heavy atom. The predicted molar refractivity (Wildman–Crippen MR) is 123 cm³/mol. The summed E-state index contributed by atoms with van der Waals surface area (Å²) in [6.45, 7) is 12.0. The van der Waals surface area contributed by atoms with E-state index in [1.54, 1.807) is 7.11 Å². The molecule has 6 nitrogen and oxygen atoms in total. The summed E-state index contributed by atoms with van der Waals surface area (Å²) in [6, 6.07) is 10.4. The van der Waals surface area contributed by atoms with Crippen molar-refractivity contribution in [2.75, 3.05) is 46.4 Å². The number of fused-ring (bicyclic) bond motifs is 1. The van der Waals surface area contributed by atoms with E-state index in [0.717, 1.165) is 70.2 Å². The van der Waals surface area contributed by atoms with Crippen LogP contribution < -0.4 is 4.74 Å². The van der Waals surface area contributed by atoms with Gasteiger partial charge in [0.1, 0.15) is 11.4 Å². The summed E-state index contributed by atoms with van der Waals surface area (Å²) in [5.74, 6) is 1.75. The number of ether oxygens (including phenoxy) is 1. The van der Waals surface area contributed by atoms with Crippen molar-refractivity contribution in [2.24, 2.45) is 13.0 Å². The van der Waals surface area contributed by atoms with E-state index in [0.29, 0.717) is 5.92 Å². The third-order valence-electron chi connectivity index (χ3n) is 6.55. The zero-order valence-corrected chi connectivity index (χ0v) is 19.4. The normalized spacial score (nSPS) is 17.8. The largest absolute Gasteiger partial charge is 0.497 e. The molecule has 0 bridgehead atoms. The molecule has 3 heterocycles. The Balaban J connectivity index is 1.41. The summed E-state index contributed by atoms with van der Waals surface area (Å²) in [4.78, 5) is 20.2. The van der Waals surface area contributed by atoms with E-state index >= 15 is 0 Å². The second-order valence-corrected chi connectivity index (χ2v) is 9.36. The van der Waals surface area contributed by atoms with Gasteiger partial charge in [-0.2, -0.15) is 0 Å². The number of methoxy groups -OCH3 is 1. The number of hydrogen-bond donors (Lipinski definition) is 0. The molecule has 1 fully saturated rings. The molecule has 0 saturated carbocycles. The topological polar surface area (TPSA) is 41.0 Å². The van der Waals surface area contributed by atoms with E-state index in [-0.39, 0.29) is 5.91 Å². The van der Waals surface area contributed by atoms with Gasteiger partial charge in [0.25, 0.3) is 5.91 Å². The van der Waals surface area contributed by atoms with Crippen molar-refractivity contribution in [1.29, 1.82) is 0 Å². The molecule has 1 aromatic heterocycles. The molecule has 2 aromatic rings. The number of benzene rings is 1. The number of nitrogens with zero attached hydrogens (tertiary/aromatic N) is 4. The highest BCUT2D eigenvalue weighted by Crippen LogP contribution is 2.25. The molecule has 1 aromatic carbocycles. The van der Waals surface area contributed by atoms with Gasteiger partial charge in [0.05, 0.1) is 7.11 Å². The fraction of sp³-hybridized carbons (Fsp3) is 0.560. The van der Waals surface area contributed by atoms with Crippen LogP contribution in [-0.2, 0) is 26.6 Å². The molecular formula is C25H36N4O2. The molecule has 0 radical (unpaired) electrons. The van der Waals surface area contributed by atoms with Crippen LogP contribution in [0.15, 0.2) is 30.3 Å². The van der Waals surface area contributed by atoms with Crippen molar-refractivity contribution in [3.63, 3.8) is 0 Å². The van der Waals surface area contributed by atoms with E-state index in [1.807, 2.05) is 17.0 Å². The molecule has 0 aliphatic carbocycles. The monoisotopic (exact) mass is 424 g/mol. The van der Waals surface area contributed by atoms with Gasteiger partial charge in [-0.3, -0.25) is 14.6 Å². The van der Waals surface area contributed by atoms with Gasteiger partial charge in [0, 0.05) is 71.5 Å². The van der Waals surface area contributed by atoms with Crippen molar-refractivity contribution in [1.82, 2.24) is 19.3 Å². The molecular weight excluding hydrogens is 388 g/mol. The second kappa shape index (κ2) is 9.45. The maximum absolute atomic E-state index is 13.3. The molecule has 2 aliphatic rings. The van der Waals surface area contributed by atoms with Gasteiger partial charge in [-0.25, -0.2) is 0 Å². The zero-order valence-electron chi connectivity index (χ0n) is 19.4. The summed E-state index contributed by atoms with van der Waals surface area (Å²) in [5, 5.41) is 0. The van der Waals surface area contributed by atoms with E-state index in [9.17, 15) is 4.79 Å². The smallest absolute Gasteiger partial charge is 0.270 e. The highest BCUT2D eigenvalue weighted by molar-refractivity contribution is 5.93. The van der Waals surface area contributed by atoms with E-state index in [1.165, 1.54) is 16.8 Å². The SMILES string of the molecule is COc1cccc(CN2CCc3c(cc(C(=O)N4CCN(CC(C)C)CC4)n3C)C2)c1. The van der Waals surface area contributed by atoms with E-state index in [2.05, 4.69) is 53.5 Å². The van der Waals surface area contributed by atoms with Crippen molar-refractivity contribution in [3.05, 3.63) is 52.8 Å². The van der Waals surface area contributed by atoms with Crippen LogP contribution in [0.1, 0.15) is 41.2 Å². The number of hydrogen-bond acceptors (Lipinski definition) is 4. The van der Waals surface area contributed by atoms with Crippen LogP contribution >= 0.6 is 0 Å². The van der Waals surface area contributed by atoms with Crippen molar-refractivity contribution >= 4 is 5.91 Å². The number of carbonyl (C=O) groups is 1. The number of piperazine rings is 1. The number of rotatable bonds is 6. The average molecular weight is 425 g/mol. The summed E-state index contributed by atoms with van der Waals surface area (Å²) >= 11 is 0. The van der Waals surface area contributed by atoms with Gasteiger partial charge < -0.3 is 14.2 Å². The molecule has 0 spiro atoms. The Bertz CT molecular complexity index is 912. The molecule has 31 heavy (non-hydrogen) atoms. The third-order valence-corrected chi connectivity index (χ3v) is 6.55. The fourth-order valence-corrected chi connectivity index (χ4v) is 4.94. The fourth-order valence-electron chi connectivity index (χ4n) is 4.94. The molecule has 0 unspecified atom stereocenters. The average Bonchev–Trinajstić information content (AvgIpc) is 3.09. The van der Waals surface area contributed by atoms with Crippen molar-refractivity contribution in [2.45, 2.75) is 33.4 Å². The zero-order chi connectivity index (χ0) is 22.0. The summed E-state index contributed by atoms with van der Waals surface area (Å²) in [7, 11) is 3.76. The van der Waals surface area contributed by atoms with Gasteiger partial charge in [-0.15, -0.1) is 0 Å². The molecule has 4 rings (SSSR count). The number of aromatic nitrogens is 1. The van der Waals surface area contributed by atoms with Gasteiger partial charge in [0.15, 0.2) is 0 Å².